The van der Waals surface area contributed by atoms with Gasteiger partial charge in [0.2, 0.25) is 0 Å². The number of carbonyl (C=O) groups excluding carboxylic acids is 2. The minimum Gasteiger partial charge on any atom is -0.340 e. The average molecular weight is 359 g/mol. The molecule has 0 saturated carbocycles. The van der Waals surface area contributed by atoms with Gasteiger partial charge in [0.25, 0.3) is 5.91 Å². The van der Waals surface area contributed by atoms with E-state index >= 15 is 0 Å². The first-order valence-electron chi connectivity index (χ1n) is 8.78. The third-order valence-corrected chi connectivity index (χ3v) is 4.21. The lowest BCUT2D eigenvalue weighted by molar-refractivity contribution is 0.101. The Labute approximate surface area is 158 Å². The molecule has 1 aromatic heterocycles. The second-order valence-electron chi connectivity index (χ2n) is 6.10. The van der Waals surface area contributed by atoms with Crippen LogP contribution in [0.4, 0.5) is 17.1 Å². The quantitative estimate of drug-likeness (QED) is 0.648. The van der Waals surface area contributed by atoms with E-state index in [9.17, 15) is 9.59 Å². The van der Waals surface area contributed by atoms with Gasteiger partial charge in [0.1, 0.15) is 0 Å². The number of para-hydroxylation sites is 1. The molecule has 0 radical (unpaired) electrons. The van der Waals surface area contributed by atoms with E-state index in [1.165, 1.54) is 13.1 Å². The lowest BCUT2D eigenvalue weighted by atomic mass is 10.1. The van der Waals surface area contributed by atoms with Crippen molar-refractivity contribution >= 4 is 28.8 Å². The number of nitrogens with zero attached hydrogens (tertiary/aromatic N) is 2. The van der Waals surface area contributed by atoms with Crippen LogP contribution in [0.3, 0.4) is 0 Å². The van der Waals surface area contributed by atoms with Crippen molar-refractivity contribution in [2.24, 2.45) is 0 Å². The number of nitrogens with one attached hydrogen (secondary N) is 1. The Hall–Kier alpha value is -3.47. The summed E-state index contributed by atoms with van der Waals surface area (Å²) in [5, 5.41) is 2.83. The van der Waals surface area contributed by atoms with Gasteiger partial charge in [-0.2, -0.15) is 0 Å². The molecule has 1 heterocycles. The molecule has 0 fully saturated rings. The van der Waals surface area contributed by atoms with Crippen molar-refractivity contribution in [1.82, 2.24) is 4.98 Å². The number of benzene rings is 2. The number of pyridine rings is 1. The Balaban J connectivity index is 1.83. The second kappa shape index (κ2) is 8.27. The van der Waals surface area contributed by atoms with Crippen molar-refractivity contribution in [3.05, 3.63) is 84.2 Å². The first-order chi connectivity index (χ1) is 13.1. The highest BCUT2D eigenvalue weighted by Gasteiger charge is 2.12. The number of amides is 1. The molecule has 0 spiro atoms. The first kappa shape index (κ1) is 18.3. The van der Waals surface area contributed by atoms with Crippen molar-refractivity contribution < 1.29 is 9.59 Å². The normalized spacial score (nSPS) is 10.3. The number of carbonyl (C=O) groups is 2. The Kier molecular flexibility index (Phi) is 5.61. The molecular formula is C22H21N3O2. The SMILES string of the molecule is CCN(c1ccccc1)c1cncc(C(=O)Nc2cccc(C(C)=O)c2)c1. The van der Waals surface area contributed by atoms with Crippen LogP contribution in [0.15, 0.2) is 73.1 Å². The molecule has 0 aliphatic heterocycles. The van der Waals surface area contributed by atoms with Crippen LogP contribution in [0.5, 0.6) is 0 Å². The van der Waals surface area contributed by atoms with Gasteiger partial charge in [-0.3, -0.25) is 14.6 Å². The Morgan fingerprint density at radius 3 is 2.41 bits per heavy atom. The zero-order valence-corrected chi connectivity index (χ0v) is 15.3. The van der Waals surface area contributed by atoms with Crippen LogP contribution in [-0.4, -0.2) is 23.2 Å². The van der Waals surface area contributed by atoms with Crippen LogP contribution < -0.4 is 10.2 Å². The second-order valence-corrected chi connectivity index (χ2v) is 6.10. The third kappa shape index (κ3) is 4.39. The average Bonchev–Trinajstić information content (AvgIpc) is 2.70. The molecule has 0 atom stereocenters. The summed E-state index contributed by atoms with van der Waals surface area (Å²) >= 11 is 0. The number of aromatic nitrogens is 1. The lowest BCUT2D eigenvalue weighted by Crippen LogP contribution is -2.18. The van der Waals surface area contributed by atoms with Crippen molar-refractivity contribution in [3.63, 3.8) is 0 Å². The van der Waals surface area contributed by atoms with E-state index in [0.717, 1.165) is 17.9 Å². The topological polar surface area (TPSA) is 62.3 Å². The largest absolute Gasteiger partial charge is 0.340 e. The van der Waals surface area contributed by atoms with Gasteiger partial charge in [-0.1, -0.05) is 30.3 Å². The van der Waals surface area contributed by atoms with Crippen molar-refractivity contribution in [2.45, 2.75) is 13.8 Å². The van der Waals surface area contributed by atoms with Gasteiger partial charge in [-0.15, -0.1) is 0 Å². The zero-order chi connectivity index (χ0) is 19.2. The highest BCUT2D eigenvalue weighted by atomic mass is 16.1. The van der Waals surface area contributed by atoms with Gasteiger partial charge in [-0.25, -0.2) is 0 Å². The van der Waals surface area contributed by atoms with Crippen molar-refractivity contribution in [3.8, 4) is 0 Å². The number of hydrogen-bond acceptors (Lipinski definition) is 4. The van der Waals surface area contributed by atoms with E-state index in [0.29, 0.717) is 16.8 Å². The Bertz CT molecular complexity index is 955. The summed E-state index contributed by atoms with van der Waals surface area (Å²) in [6, 6.07) is 18.7. The fourth-order valence-corrected chi connectivity index (χ4v) is 2.84. The highest BCUT2D eigenvalue weighted by molar-refractivity contribution is 6.05. The number of hydrogen-bond donors (Lipinski definition) is 1. The summed E-state index contributed by atoms with van der Waals surface area (Å²) in [7, 11) is 0. The monoisotopic (exact) mass is 359 g/mol. The van der Waals surface area contributed by atoms with Gasteiger partial charge >= 0.3 is 0 Å². The van der Waals surface area contributed by atoms with E-state index in [4.69, 9.17) is 0 Å². The molecular weight excluding hydrogens is 338 g/mol. The summed E-state index contributed by atoms with van der Waals surface area (Å²) in [5.74, 6) is -0.314. The summed E-state index contributed by atoms with van der Waals surface area (Å²) in [6.45, 7) is 4.29. The summed E-state index contributed by atoms with van der Waals surface area (Å²) in [4.78, 5) is 30.5. The van der Waals surface area contributed by atoms with E-state index < -0.39 is 0 Å². The first-order valence-corrected chi connectivity index (χ1v) is 8.78. The maximum Gasteiger partial charge on any atom is 0.257 e. The summed E-state index contributed by atoms with van der Waals surface area (Å²) in [5.41, 5.74) is 3.46. The number of Topliss-reactive ketones (excluding diaryl/α,β-unsaturated/α-hetero) is 1. The van der Waals surface area contributed by atoms with Gasteiger partial charge < -0.3 is 10.2 Å². The van der Waals surface area contributed by atoms with Crippen LogP contribution >= 0.6 is 0 Å². The molecule has 0 aliphatic rings. The van der Waals surface area contributed by atoms with Crippen LogP contribution in [-0.2, 0) is 0 Å². The van der Waals surface area contributed by atoms with Crippen LogP contribution in [0.1, 0.15) is 34.6 Å². The fourth-order valence-electron chi connectivity index (χ4n) is 2.84. The Morgan fingerprint density at radius 1 is 0.926 bits per heavy atom. The molecule has 0 saturated heterocycles. The molecule has 0 unspecified atom stereocenters. The minimum absolute atomic E-state index is 0.0452. The van der Waals surface area contributed by atoms with Gasteiger partial charge in [0, 0.05) is 29.7 Å². The fraction of sp³-hybridized carbons (Fsp3) is 0.136. The number of anilines is 3. The van der Waals surface area contributed by atoms with Gasteiger partial charge in [0.15, 0.2) is 5.78 Å². The molecule has 2 aromatic carbocycles. The minimum atomic E-state index is -0.269. The molecule has 5 heteroatoms. The predicted octanol–water partition coefficient (Wildman–Crippen LogP) is 4.69. The number of ketones is 1. The van der Waals surface area contributed by atoms with Crippen molar-refractivity contribution in [1.29, 1.82) is 0 Å². The lowest BCUT2D eigenvalue weighted by Gasteiger charge is -2.23. The zero-order valence-electron chi connectivity index (χ0n) is 15.3. The molecule has 136 valence electrons. The van der Waals surface area contributed by atoms with E-state index in [1.807, 2.05) is 43.3 Å². The van der Waals surface area contributed by atoms with Crippen molar-refractivity contribution in [2.75, 3.05) is 16.8 Å². The molecule has 1 amide bonds. The Morgan fingerprint density at radius 2 is 1.70 bits per heavy atom. The molecule has 0 bridgehead atoms. The summed E-state index contributed by atoms with van der Waals surface area (Å²) < 4.78 is 0. The van der Waals surface area contributed by atoms with Crippen LogP contribution in [0, 0.1) is 0 Å². The van der Waals surface area contributed by atoms with Gasteiger partial charge in [0.05, 0.1) is 17.4 Å². The molecule has 5 nitrogen and oxygen atoms in total. The summed E-state index contributed by atoms with van der Waals surface area (Å²) in [6.07, 6.45) is 3.27. The highest BCUT2D eigenvalue weighted by Crippen LogP contribution is 2.25. The molecule has 1 N–H and O–H groups in total. The molecule has 27 heavy (non-hydrogen) atoms. The molecule has 3 aromatic rings. The maximum atomic E-state index is 12.6. The predicted molar refractivity (Wildman–Crippen MR) is 108 cm³/mol. The third-order valence-electron chi connectivity index (χ3n) is 4.21. The maximum absolute atomic E-state index is 12.6. The van der Waals surface area contributed by atoms with Gasteiger partial charge in [-0.05, 0) is 44.2 Å². The van der Waals surface area contributed by atoms with Crippen LogP contribution in [0.25, 0.3) is 0 Å². The smallest absolute Gasteiger partial charge is 0.257 e. The van der Waals surface area contributed by atoms with E-state index in [1.54, 1.807) is 30.5 Å². The number of rotatable bonds is 6. The van der Waals surface area contributed by atoms with Crippen LogP contribution in [0.2, 0.25) is 0 Å². The van der Waals surface area contributed by atoms with E-state index in [2.05, 4.69) is 15.2 Å². The molecule has 3 rings (SSSR count). The standard InChI is InChI=1S/C22H21N3O2/c1-3-25(20-10-5-4-6-11-20)21-13-18(14-23-15-21)22(27)24-19-9-7-8-17(12-19)16(2)26/h4-15H,3H2,1-2H3,(H,24,27). The molecule has 0 aliphatic carbocycles. The van der Waals surface area contributed by atoms with E-state index in [-0.39, 0.29) is 11.7 Å².